The average molecular weight is 539 g/mol. The molecule has 3 N–H and O–H groups in total. The van der Waals surface area contributed by atoms with Crippen molar-refractivity contribution in [2.45, 2.75) is 64.8 Å². The highest BCUT2D eigenvalue weighted by atomic mass is 16.5. The van der Waals surface area contributed by atoms with Crippen LogP contribution in [0.4, 0.5) is 17.2 Å². The van der Waals surface area contributed by atoms with E-state index in [4.69, 9.17) is 9.47 Å². The SMILES string of the molecule is Cc1ccccc1Nc1ccc2c(NCc3ccc(C4CCCCC(C)CC4)c(OCC4COC4)c3)n[nH]c2c1. The van der Waals surface area contributed by atoms with Crippen molar-refractivity contribution in [3.05, 3.63) is 77.4 Å². The molecule has 0 spiro atoms. The highest BCUT2D eigenvalue weighted by molar-refractivity contribution is 5.92. The third-order valence-corrected chi connectivity index (χ3v) is 8.65. The van der Waals surface area contributed by atoms with E-state index < -0.39 is 0 Å². The molecule has 1 aliphatic heterocycles. The molecule has 1 aliphatic carbocycles. The molecule has 1 saturated carbocycles. The summed E-state index contributed by atoms with van der Waals surface area (Å²) >= 11 is 0. The van der Waals surface area contributed by atoms with E-state index in [1.54, 1.807) is 0 Å². The second-order valence-corrected chi connectivity index (χ2v) is 11.9. The number of ether oxygens (including phenoxy) is 2. The number of para-hydroxylation sites is 1. The molecular formula is C34H42N4O2. The van der Waals surface area contributed by atoms with Gasteiger partial charge in [0.05, 0.1) is 25.3 Å². The summed E-state index contributed by atoms with van der Waals surface area (Å²) in [7, 11) is 0. The van der Waals surface area contributed by atoms with Gasteiger partial charge in [-0.15, -0.1) is 0 Å². The zero-order valence-corrected chi connectivity index (χ0v) is 23.8. The predicted octanol–water partition coefficient (Wildman–Crippen LogP) is 8.33. The first-order valence-electron chi connectivity index (χ1n) is 15.0. The first kappa shape index (κ1) is 26.7. The summed E-state index contributed by atoms with van der Waals surface area (Å²) in [6, 6.07) is 21.5. The van der Waals surface area contributed by atoms with Gasteiger partial charge in [-0.3, -0.25) is 5.10 Å². The summed E-state index contributed by atoms with van der Waals surface area (Å²) in [5.41, 5.74) is 6.96. The molecule has 6 rings (SSSR count). The molecule has 6 nitrogen and oxygen atoms in total. The number of nitrogens with one attached hydrogen (secondary N) is 3. The molecule has 2 atom stereocenters. The molecule has 0 bridgehead atoms. The van der Waals surface area contributed by atoms with Gasteiger partial charge in [0, 0.05) is 29.2 Å². The van der Waals surface area contributed by atoms with Gasteiger partial charge < -0.3 is 20.1 Å². The average Bonchev–Trinajstić information content (AvgIpc) is 3.33. The van der Waals surface area contributed by atoms with Crippen molar-refractivity contribution in [3.63, 3.8) is 0 Å². The Labute approximate surface area is 237 Å². The molecule has 40 heavy (non-hydrogen) atoms. The Morgan fingerprint density at radius 3 is 2.70 bits per heavy atom. The van der Waals surface area contributed by atoms with Gasteiger partial charge in [0.2, 0.25) is 0 Å². The van der Waals surface area contributed by atoms with Crippen molar-refractivity contribution in [1.82, 2.24) is 10.2 Å². The first-order valence-corrected chi connectivity index (χ1v) is 15.0. The zero-order valence-electron chi connectivity index (χ0n) is 23.8. The third-order valence-electron chi connectivity index (χ3n) is 8.65. The van der Waals surface area contributed by atoms with Crippen LogP contribution < -0.4 is 15.4 Å². The van der Waals surface area contributed by atoms with Crippen LogP contribution in [-0.4, -0.2) is 30.0 Å². The molecule has 2 heterocycles. The van der Waals surface area contributed by atoms with Crippen molar-refractivity contribution in [2.75, 3.05) is 30.5 Å². The van der Waals surface area contributed by atoms with Crippen LogP contribution in [0.5, 0.6) is 5.75 Å². The molecule has 2 aliphatic rings. The lowest BCUT2D eigenvalue weighted by molar-refractivity contribution is -0.0510. The minimum atomic E-state index is 0.507. The van der Waals surface area contributed by atoms with Gasteiger partial charge in [-0.05, 0) is 78.6 Å². The summed E-state index contributed by atoms with van der Waals surface area (Å²) in [6.07, 6.45) is 7.83. The molecule has 4 aromatic rings. The van der Waals surface area contributed by atoms with Gasteiger partial charge in [-0.1, -0.05) is 62.9 Å². The van der Waals surface area contributed by atoms with E-state index >= 15 is 0 Å². The van der Waals surface area contributed by atoms with Crippen molar-refractivity contribution in [2.24, 2.45) is 11.8 Å². The highest BCUT2D eigenvalue weighted by Crippen LogP contribution is 2.38. The summed E-state index contributed by atoms with van der Waals surface area (Å²) in [5.74, 6) is 3.83. The van der Waals surface area contributed by atoms with Gasteiger partial charge in [0.1, 0.15) is 5.75 Å². The predicted molar refractivity (Wildman–Crippen MR) is 164 cm³/mol. The maximum Gasteiger partial charge on any atom is 0.155 e. The fourth-order valence-corrected chi connectivity index (χ4v) is 5.99. The number of anilines is 3. The van der Waals surface area contributed by atoms with Gasteiger partial charge >= 0.3 is 0 Å². The number of aryl methyl sites for hydroxylation is 1. The second-order valence-electron chi connectivity index (χ2n) is 11.9. The molecule has 1 saturated heterocycles. The van der Waals surface area contributed by atoms with Gasteiger partial charge in [-0.2, -0.15) is 5.10 Å². The van der Waals surface area contributed by atoms with Crippen molar-refractivity contribution in [1.29, 1.82) is 0 Å². The summed E-state index contributed by atoms with van der Waals surface area (Å²) < 4.78 is 11.9. The Kier molecular flexibility index (Phi) is 8.24. The number of hydrogen-bond donors (Lipinski definition) is 3. The Morgan fingerprint density at radius 2 is 1.85 bits per heavy atom. The summed E-state index contributed by atoms with van der Waals surface area (Å²) in [4.78, 5) is 0. The quantitative estimate of drug-likeness (QED) is 0.200. The molecule has 6 heteroatoms. The Hall–Kier alpha value is -3.51. The number of H-pyrrole nitrogens is 1. The van der Waals surface area contributed by atoms with E-state index in [0.29, 0.717) is 18.4 Å². The molecule has 0 radical (unpaired) electrons. The maximum atomic E-state index is 6.47. The normalized spacial score (nSPS) is 19.9. The third kappa shape index (κ3) is 6.28. The minimum absolute atomic E-state index is 0.507. The van der Waals surface area contributed by atoms with Gasteiger partial charge in [0.25, 0.3) is 0 Å². The smallest absolute Gasteiger partial charge is 0.155 e. The number of aromatic amines is 1. The lowest BCUT2D eigenvalue weighted by Gasteiger charge is -2.28. The van der Waals surface area contributed by atoms with Crippen LogP contribution in [0.3, 0.4) is 0 Å². The molecule has 210 valence electrons. The molecule has 1 aromatic heterocycles. The zero-order chi connectivity index (χ0) is 27.3. The molecular weight excluding hydrogens is 496 g/mol. The number of aromatic nitrogens is 2. The van der Waals surface area contributed by atoms with E-state index in [0.717, 1.165) is 59.6 Å². The van der Waals surface area contributed by atoms with Crippen molar-refractivity contribution < 1.29 is 9.47 Å². The van der Waals surface area contributed by atoms with Crippen LogP contribution in [0.25, 0.3) is 10.9 Å². The fourth-order valence-electron chi connectivity index (χ4n) is 5.99. The number of fused-ring (bicyclic) bond motifs is 1. The van der Waals surface area contributed by atoms with Gasteiger partial charge in [0.15, 0.2) is 5.82 Å². The Morgan fingerprint density at radius 1 is 0.975 bits per heavy atom. The van der Waals surface area contributed by atoms with Crippen molar-refractivity contribution in [3.8, 4) is 5.75 Å². The highest BCUT2D eigenvalue weighted by Gasteiger charge is 2.23. The van der Waals surface area contributed by atoms with Crippen LogP contribution in [0.1, 0.15) is 68.1 Å². The van der Waals surface area contributed by atoms with Crippen LogP contribution >= 0.6 is 0 Å². The number of nitrogens with zero attached hydrogens (tertiary/aromatic N) is 1. The van der Waals surface area contributed by atoms with E-state index in [-0.39, 0.29) is 0 Å². The topological polar surface area (TPSA) is 71.2 Å². The standard InChI is InChI=1S/C34H42N4O2/c1-23-7-3-5-9-27(13-11-23)29-15-12-25(17-33(29)40-22-26-20-39-21-26)19-35-34-30-16-14-28(18-32(30)37-38-34)36-31-10-6-4-8-24(31)2/h4,6,8,10,12,14-18,23,26-27,36H,3,5,7,9,11,13,19-22H2,1-2H3,(H2,35,37,38). The van der Waals surface area contributed by atoms with Crippen molar-refractivity contribution >= 4 is 28.1 Å². The summed E-state index contributed by atoms with van der Waals surface area (Å²) in [5, 5.41) is 15.9. The molecule has 2 fully saturated rings. The molecule has 2 unspecified atom stereocenters. The van der Waals surface area contributed by atoms with Gasteiger partial charge in [-0.25, -0.2) is 0 Å². The van der Waals surface area contributed by atoms with E-state index in [1.807, 2.05) is 0 Å². The number of hydrogen-bond acceptors (Lipinski definition) is 5. The Bertz CT molecular complexity index is 1430. The molecule has 0 amide bonds. The van der Waals surface area contributed by atoms with Crippen LogP contribution in [-0.2, 0) is 11.3 Å². The van der Waals surface area contributed by atoms with Crippen LogP contribution in [0, 0.1) is 18.8 Å². The summed E-state index contributed by atoms with van der Waals surface area (Å²) in [6.45, 7) is 7.56. The van der Waals surface area contributed by atoms with E-state index in [1.165, 1.54) is 55.2 Å². The monoisotopic (exact) mass is 538 g/mol. The Balaban J connectivity index is 1.16. The lowest BCUT2D eigenvalue weighted by atomic mass is 9.82. The number of benzene rings is 3. The van der Waals surface area contributed by atoms with Crippen LogP contribution in [0.2, 0.25) is 0 Å². The van der Waals surface area contributed by atoms with E-state index in [2.05, 4.69) is 95.3 Å². The molecule has 3 aromatic carbocycles. The van der Waals surface area contributed by atoms with Crippen LogP contribution in [0.15, 0.2) is 60.7 Å². The van der Waals surface area contributed by atoms with E-state index in [9.17, 15) is 0 Å². The minimum Gasteiger partial charge on any atom is -0.493 e. The lowest BCUT2D eigenvalue weighted by Crippen LogP contribution is -2.32. The second kappa shape index (κ2) is 12.3. The fraction of sp³-hybridized carbons (Fsp3) is 0.441. The first-order chi connectivity index (χ1) is 19.6. The number of rotatable bonds is 9. The maximum absolute atomic E-state index is 6.47. The largest absolute Gasteiger partial charge is 0.493 e.